The number of hydrogen-bond acceptors (Lipinski definition) is 6. The van der Waals surface area contributed by atoms with Crippen LogP contribution in [0.2, 0.25) is 0 Å². The highest BCUT2D eigenvalue weighted by molar-refractivity contribution is 8.00. The lowest BCUT2D eigenvalue weighted by atomic mass is 9.88. The molecule has 5 nitrogen and oxygen atoms in total. The Hall–Kier alpha value is -2.51. The summed E-state index contributed by atoms with van der Waals surface area (Å²) >= 11 is 3.16. The third-order valence-electron chi connectivity index (χ3n) is 5.96. The predicted octanol–water partition coefficient (Wildman–Crippen LogP) is 6.19. The number of hydrogen-bond donors (Lipinski definition) is 1. The number of thiophene rings is 1. The van der Waals surface area contributed by atoms with Crippen LogP contribution in [-0.2, 0) is 24.1 Å². The Morgan fingerprint density at radius 3 is 2.72 bits per heavy atom. The van der Waals surface area contributed by atoms with Gasteiger partial charge in [0, 0.05) is 16.8 Å². The van der Waals surface area contributed by atoms with Crippen LogP contribution in [0.1, 0.15) is 49.9 Å². The van der Waals surface area contributed by atoms with Crippen LogP contribution in [0.5, 0.6) is 0 Å². The normalized spacial score (nSPS) is 14.4. The Morgan fingerprint density at radius 1 is 1.16 bits per heavy atom. The predicted molar refractivity (Wildman–Crippen MR) is 134 cm³/mol. The van der Waals surface area contributed by atoms with Crippen molar-refractivity contribution in [2.24, 2.45) is 0 Å². The lowest BCUT2D eigenvalue weighted by Gasteiger charge is -2.19. The molecule has 5 rings (SSSR count). The van der Waals surface area contributed by atoms with Crippen LogP contribution in [0, 0.1) is 0 Å². The molecule has 0 saturated heterocycles. The Bertz CT molecular complexity index is 1290. The first-order chi connectivity index (χ1) is 15.7. The number of anilines is 1. The fourth-order valence-corrected chi connectivity index (χ4v) is 6.58. The topological polar surface area (TPSA) is 67.8 Å². The number of pyridine rings is 1. The molecule has 0 bridgehead atoms. The minimum Gasteiger partial charge on any atom is -0.325 e. The van der Waals surface area contributed by atoms with Crippen molar-refractivity contribution in [2.45, 2.75) is 62.6 Å². The maximum absolute atomic E-state index is 12.7. The number of aryl methyl sites for hydroxylation is 2. The molecule has 164 valence electrons. The minimum absolute atomic E-state index is 0.0326. The summed E-state index contributed by atoms with van der Waals surface area (Å²) in [5.74, 6) is -0.0326. The number of aromatic nitrogens is 3. The van der Waals surface area contributed by atoms with Gasteiger partial charge in [-0.3, -0.25) is 4.79 Å². The first-order valence-corrected chi connectivity index (χ1v) is 13.0. The molecule has 1 amide bonds. The molecule has 1 N–H and O–H groups in total. The van der Waals surface area contributed by atoms with E-state index in [4.69, 9.17) is 4.98 Å². The molecule has 0 aliphatic heterocycles. The SMILES string of the molecule is CCCc1nc2sc3c(S[C@@H](C)C(=O)Nc4ccccc4)ncnc3c2c2c1CCCC2. The molecule has 0 saturated carbocycles. The molecule has 1 atom stereocenters. The number of carbonyl (C=O) groups is 1. The molecule has 0 spiro atoms. The average molecular weight is 463 g/mol. The van der Waals surface area contributed by atoms with Crippen molar-refractivity contribution >= 4 is 55.1 Å². The van der Waals surface area contributed by atoms with Gasteiger partial charge in [-0.15, -0.1) is 11.3 Å². The maximum atomic E-state index is 12.7. The molecular formula is C25H26N4OS2. The van der Waals surface area contributed by atoms with Gasteiger partial charge in [-0.05, 0) is 62.3 Å². The Kier molecular flexibility index (Phi) is 6.11. The second-order valence-electron chi connectivity index (χ2n) is 8.23. The highest BCUT2D eigenvalue weighted by atomic mass is 32.2. The van der Waals surface area contributed by atoms with E-state index < -0.39 is 0 Å². The molecule has 1 aromatic carbocycles. The molecule has 0 unspecified atom stereocenters. The largest absolute Gasteiger partial charge is 0.325 e. The molecular weight excluding hydrogens is 436 g/mol. The van der Waals surface area contributed by atoms with Gasteiger partial charge in [-0.2, -0.15) is 0 Å². The summed E-state index contributed by atoms with van der Waals surface area (Å²) in [7, 11) is 0. The summed E-state index contributed by atoms with van der Waals surface area (Å²) in [6.07, 6.45) is 8.43. The molecule has 32 heavy (non-hydrogen) atoms. The van der Waals surface area contributed by atoms with Crippen LogP contribution >= 0.6 is 23.1 Å². The number of benzene rings is 1. The van der Waals surface area contributed by atoms with Crippen molar-refractivity contribution in [1.29, 1.82) is 0 Å². The second-order valence-corrected chi connectivity index (χ2v) is 10.6. The molecule has 3 heterocycles. The van der Waals surface area contributed by atoms with E-state index >= 15 is 0 Å². The Labute approximate surface area is 196 Å². The zero-order valence-corrected chi connectivity index (χ0v) is 20.0. The number of thioether (sulfide) groups is 1. The van der Waals surface area contributed by atoms with Crippen molar-refractivity contribution in [1.82, 2.24) is 15.0 Å². The molecule has 1 aliphatic rings. The van der Waals surface area contributed by atoms with Crippen LogP contribution in [0.15, 0.2) is 41.7 Å². The fraction of sp³-hybridized carbons (Fsp3) is 0.360. The van der Waals surface area contributed by atoms with E-state index in [1.807, 2.05) is 37.3 Å². The summed E-state index contributed by atoms with van der Waals surface area (Å²) in [4.78, 5) is 28.1. The van der Waals surface area contributed by atoms with Crippen molar-refractivity contribution in [3.63, 3.8) is 0 Å². The van der Waals surface area contributed by atoms with E-state index in [2.05, 4.69) is 22.2 Å². The van der Waals surface area contributed by atoms with Crippen LogP contribution in [-0.4, -0.2) is 26.1 Å². The summed E-state index contributed by atoms with van der Waals surface area (Å²) in [6, 6.07) is 9.56. The van der Waals surface area contributed by atoms with E-state index in [1.165, 1.54) is 46.8 Å². The fourth-order valence-electron chi connectivity index (χ4n) is 4.43. The van der Waals surface area contributed by atoms with E-state index in [9.17, 15) is 4.79 Å². The van der Waals surface area contributed by atoms with Crippen molar-refractivity contribution in [3.8, 4) is 0 Å². The highest BCUT2D eigenvalue weighted by Crippen LogP contribution is 2.42. The van der Waals surface area contributed by atoms with Crippen molar-refractivity contribution in [3.05, 3.63) is 53.5 Å². The van der Waals surface area contributed by atoms with Gasteiger partial charge in [0.05, 0.1) is 15.5 Å². The van der Waals surface area contributed by atoms with Gasteiger partial charge < -0.3 is 5.32 Å². The lowest BCUT2D eigenvalue weighted by molar-refractivity contribution is -0.115. The van der Waals surface area contributed by atoms with Gasteiger partial charge in [0.25, 0.3) is 0 Å². The van der Waals surface area contributed by atoms with Gasteiger partial charge in [0.1, 0.15) is 16.2 Å². The highest BCUT2D eigenvalue weighted by Gasteiger charge is 2.24. The smallest absolute Gasteiger partial charge is 0.237 e. The molecule has 0 fully saturated rings. The first-order valence-electron chi connectivity index (χ1n) is 11.3. The van der Waals surface area contributed by atoms with Crippen LogP contribution in [0.25, 0.3) is 20.4 Å². The van der Waals surface area contributed by atoms with Crippen molar-refractivity contribution in [2.75, 3.05) is 5.32 Å². The van der Waals surface area contributed by atoms with Crippen molar-refractivity contribution < 1.29 is 4.79 Å². The van der Waals surface area contributed by atoms with E-state index in [1.54, 1.807) is 17.7 Å². The Balaban J connectivity index is 1.52. The number of nitrogens with zero attached hydrogens (tertiary/aromatic N) is 3. The van der Waals surface area contributed by atoms with Gasteiger partial charge in [-0.25, -0.2) is 15.0 Å². The average Bonchev–Trinajstić information content (AvgIpc) is 3.19. The monoisotopic (exact) mass is 462 g/mol. The lowest BCUT2D eigenvalue weighted by Crippen LogP contribution is -2.22. The van der Waals surface area contributed by atoms with Crippen LogP contribution in [0.4, 0.5) is 5.69 Å². The standard InChI is InChI=1S/C25H26N4OS2/c1-3-9-19-17-12-7-8-13-18(17)20-21-22(32-24(20)29-19)25(27-14-26-21)31-15(2)23(30)28-16-10-5-4-6-11-16/h4-6,10-11,14-15H,3,7-9,12-13H2,1-2H3,(H,28,30)/t15-/m0/s1. The van der Waals surface area contributed by atoms with Crippen LogP contribution in [0.3, 0.4) is 0 Å². The number of amides is 1. The van der Waals surface area contributed by atoms with Gasteiger partial charge in [-0.1, -0.05) is 43.3 Å². The van der Waals surface area contributed by atoms with Crippen LogP contribution < -0.4 is 5.32 Å². The summed E-state index contributed by atoms with van der Waals surface area (Å²) < 4.78 is 1.04. The third kappa shape index (κ3) is 3.99. The second kappa shape index (κ2) is 9.16. The zero-order valence-electron chi connectivity index (χ0n) is 18.4. The number of carbonyl (C=O) groups excluding carboxylic acids is 1. The summed E-state index contributed by atoms with van der Waals surface area (Å²) in [5.41, 5.74) is 5.96. The summed E-state index contributed by atoms with van der Waals surface area (Å²) in [5, 5.41) is 4.78. The van der Waals surface area contributed by atoms with E-state index in [0.29, 0.717) is 0 Å². The number of rotatable bonds is 6. The molecule has 7 heteroatoms. The quantitative estimate of drug-likeness (QED) is 0.273. The maximum Gasteiger partial charge on any atom is 0.237 e. The van der Waals surface area contributed by atoms with E-state index in [-0.39, 0.29) is 11.2 Å². The molecule has 4 aromatic rings. The Morgan fingerprint density at radius 2 is 1.94 bits per heavy atom. The number of para-hydroxylation sites is 1. The third-order valence-corrected chi connectivity index (χ3v) is 8.27. The first kappa shape index (κ1) is 21.3. The molecule has 3 aromatic heterocycles. The number of nitrogens with one attached hydrogen (secondary N) is 1. The molecule has 1 aliphatic carbocycles. The zero-order chi connectivity index (χ0) is 22.1. The van der Waals surface area contributed by atoms with E-state index in [0.717, 1.165) is 51.4 Å². The minimum atomic E-state index is -0.281. The molecule has 0 radical (unpaired) electrons. The van der Waals surface area contributed by atoms with Gasteiger partial charge in [0.2, 0.25) is 5.91 Å². The number of fused-ring (bicyclic) bond motifs is 5. The summed E-state index contributed by atoms with van der Waals surface area (Å²) in [6.45, 7) is 4.14. The van der Waals surface area contributed by atoms with Gasteiger partial charge in [0.15, 0.2) is 0 Å². The van der Waals surface area contributed by atoms with Gasteiger partial charge >= 0.3 is 0 Å².